The molecule has 0 saturated heterocycles. The zero-order valence-corrected chi connectivity index (χ0v) is 6.56. The highest BCUT2D eigenvalue weighted by Crippen LogP contribution is 2.12. The molecule has 0 amide bonds. The third kappa shape index (κ3) is 1.78. The second kappa shape index (κ2) is 3.12. The fourth-order valence-corrected chi connectivity index (χ4v) is 1.31. The molecule has 0 fully saturated rings. The minimum atomic E-state index is -1.95. The topological polar surface area (TPSA) is 40.1 Å². The first-order valence-electron chi connectivity index (χ1n) is 3.13. The first-order valence-corrected chi connectivity index (χ1v) is 4.27. The van der Waals surface area contributed by atoms with E-state index in [9.17, 15) is 8.76 Å². The Labute approximate surface area is 62.9 Å². The Morgan fingerprint density at radius 3 is 2.90 bits per heavy atom. The van der Waals surface area contributed by atoms with Gasteiger partial charge in [-0.1, -0.05) is 23.8 Å². The van der Waals surface area contributed by atoms with E-state index in [0.717, 1.165) is 5.57 Å². The lowest BCUT2D eigenvalue weighted by Gasteiger charge is -2.16. The van der Waals surface area contributed by atoms with Crippen LogP contribution in [-0.4, -0.2) is 14.0 Å². The molecule has 2 atom stereocenters. The highest BCUT2D eigenvalue weighted by Gasteiger charge is 2.05. The van der Waals surface area contributed by atoms with Crippen molar-refractivity contribution in [1.29, 1.82) is 0 Å². The molecule has 1 unspecified atom stereocenters. The first-order chi connectivity index (χ1) is 4.70. The monoisotopic (exact) mass is 157 g/mol. The maximum Gasteiger partial charge on any atom is 0.0433 e. The molecular formula is C7H9O2S-. The zero-order valence-electron chi connectivity index (χ0n) is 5.74. The third-order valence-corrected chi connectivity index (χ3v) is 2.34. The Hall–Kier alpha value is -0.410. The number of rotatable bonds is 1. The zero-order chi connectivity index (χ0) is 7.56. The predicted octanol–water partition coefficient (Wildman–Crippen LogP) is 1.14. The van der Waals surface area contributed by atoms with Crippen molar-refractivity contribution in [3.63, 3.8) is 0 Å². The van der Waals surface area contributed by atoms with Gasteiger partial charge in [0.25, 0.3) is 0 Å². The van der Waals surface area contributed by atoms with E-state index >= 15 is 0 Å². The molecule has 0 aliphatic heterocycles. The van der Waals surface area contributed by atoms with E-state index in [0.29, 0.717) is 6.42 Å². The normalized spacial score (nSPS) is 27.8. The number of hydrogen-bond donors (Lipinski definition) is 0. The van der Waals surface area contributed by atoms with Gasteiger partial charge in [-0.3, -0.25) is 4.21 Å². The lowest BCUT2D eigenvalue weighted by molar-refractivity contribution is 0.529. The van der Waals surface area contributed by atoms with Crippen LogP contribution in [0.3, 0.4) is 0 Å². The summed E-state index contributed by atoms with van der Waals surface area (Å²) in [7, 11) is 0. The number of hydrogen-bond acceptors (Lipinski definition) is 2. The van der Waals surface area contributed by atoms with Crippen LogP contribution in [-0.2, 0) is 11.1 Å². The quantitative estimate of drug-likeness (QED) is 0.535. The van der Waals surface area contributed by atoms with E-state index in [4.69, 9.17) is 0 Å². The largest absolute Gasteiger partial charge is 0.772 e. The fraction of sp³-hybridized carbons (Fsp3) is 0.429. The van der Waals surface area contributed by atoms with E-state index in [1.165, 1.54) is 0 Å². The van der Waals surface area contributed by atoms with Gasteiger partial charge in [0.2, 0.25) is 0 Å². The summed E-state index contributed by atoms with van der Waals surface area (Å²) in [6.45, 7) is 1.96. The van der Waals surface area contributed by atoms with Crippen LogP contribution in [0.15, 0.2) is 23.8 Å². The van der Waals surface area contributed by atoms with Crippen LogP contribution in [0.25, 0.3) is 0 Å². The lowest BCUT2D eigenvalue weighted by atomic mass is 10.1. The van der Waals surface area contributed by atoms with Crippen molar-refractivity contribution >= 4 is 11.1 Å². The predicted molar refractivity (Wildman–Crippen MR) is 40.2 cm³/mol. The second-order valence-corrected chi connectivity index (χ2v) is 3.47. The molecule has 0 spiro atoms. The first kappa shape index (κ1) is 7.69. The summed E-state index contributed by atoms with van der Waals surface area (Å²) in [6.07, 6.45) is 6.11. The maximum atomic E-state index is 10.4. The van der Waals surface area contributed by atoms with Crippen LogP contribution in [0, 0.1) is 0 Å². The van der Waals surface area contributed by atoms with Gasteiger partial charge >= 0.3 is 0 Å². The van der Waals surface area contributed by atoms with E-state index in [2.05, 4.69) is 0 Å². The van der Waals surface area contributed by atoms with Crippen molar-refractivity contribution in [1.82, 2.24) is 0 Å². The van der Waals surface area contributed by atoms with Crippen molar-refractivity contribution in [2.45, 2.75) is 18.6 Å². The molecule has 0 aromatic heterocycles. The van der Waals surface area contributed by atoms with Crippen molar-refractivity contribution in [2.75, 3.05) is 0 Å². The van der Waals surface area contributed by atoms with Crippen LogP contribution >= 0.6 is 0 Å². The Morgan fingerprint density at radius 1 is 1.80 bits per heavy atom. The Morgan fingerprint density at radius 2 is 2.50 bits per heavy atom. The molecule has 0 heterocycles. The molecule has 0 saturated carbocycles. The summed E-state index contributed by atoms with van der Waals surface area (Å²) in [5.74, 6) is 0. The summed E-state index contributed by atoms with van der Waals surface area (Å²) in [6, 6.07) is 0. The van der Waals surface area contributed by atoms with Gasteiger partial charge in [0, 0.05) is 5.25 Å². The minimum Gasteiger partial charge on any atom is -0.772 e. The molecule has 0 radical (unpaired) electrons. The molecule has 0 aromatic carbocycles. The Balaban J connectivity index is 2.60. The molecule has 10 heavy (non-hydrogen) atoms. The molecule has 56 valence electrons. The summed E-state index contributed by atoms with van der Waals surface area (Å²) in [4.78, 5) is 0. The van der Waals surface area contributed by atoms with Crippen molar-refractivity contribution < 1.29 is 8.76 Å². The second-order valence-electron chi connectivity index (χ2n) is 2.34. The van der Waals surface area contributed by atoms with Crippen molar-refractivity contribution in [3.8, 4) is 0 Å². The SMILES string of the molecule is CC1=CC[C@@H](S(=O)[O-])C=C1. The van der Waals surface area contributed by atoms with E-state index < -0.39 is 11.1 Å². The molecule has 1 aliphatic rings. The molecule has 0 bridgehead atoms. The highest BCUT2D eigenvalue weighted by atomic mass is 32.2. The fourth-order valence-electron chi connectivity index (χ4n) is 0.850. The molecule has 0 N–H and O–H groups in total. The Bertz CT molecular complexity index is 206. The van der Waals surface area contributed by atoms with Crippen molar-refractivity contribution in [3.05, 3.63) is 23.8 Å². The van der Waals surface area contributed by atoms with Gasteiger partial charge in [0.1, 0.15) is 0 Å². The van der Waals surface area contributed by atoms with Gasteiger partial charge in [0.15, 0.2) is 0 Å². The molecular weight excluding hydrogens is 148 g/mol. The van der Waals surface area contributed by atoms with Crippen LogP contribution in [0.2, 0.25) is 0 Å². The molecule has 1 aliphatic carbocycles. The molecule has 0 aromatic rings. The van der Waals surface area contributed by atoms with Crippen molar-refractivity contribution in [2.24, 2.45) is 0 Å². The van der Waals surface area contributed by atoms with Crippen LogP contribution in [0.1, 0.15) is 13.3 Å². The summed E-state index contributed by atoms with van der Waals surface area (Å²) in [5.41, 5.74) is 1.14. The van der Waals surface area contributed by atoms with Gasteiger partial charge in [-0.15, -0.1) is 0 Å². The smallest absolute Gasteiger partial charge is 0.0433 e. The average molecular weight is 157 g/mol. The summed E-state index contributed by atoms with van der Waals surface area (Å²) >= 11 is -1.95. The lowest BCUT2D eigenvalue weighted by Crippen LogP contribution is -2.12. The van der Waals surface area contributed by atoms with Crippen LogP contribution in [0.4, 0.5) is 0 Å². The van der Waals surface area contributed by atoms with Gasteiger partial charge in [-0.2, -0.15) is 0 Å². The third-order valence-electron chi connectivity index (χ3n) is 1.49. The minimum absolute atomic E-state index is 0.302. The number of allylic oxidation sites excluding steroid dienone is 3. The summed E-state index contributed by atoms with van der Waals surface area (Å²) < 4.78 is 20.8. The Kier molecular flexibility index (Phi) is 2.40. The van der Waals surface area contributed by atoms with Gasteiger partial charge < -0.3 is 4.55 Å². The molecule has 1 rings (SSSR count). The summed E-state index contributed by atoms with van der Waals surface area (Å²) in [5, 5.41) is -0.302. The highest BCUT2D eigenvalue weighted by molar-refractivity contribution is 7.80. The van der Waals surface area contributed by atoms with E-state index in [-0.39, 0.29) is 5.25 Å². The van der Waals surface area contributed by atoms with E-state index in [1.807, 2.05) is 19.1 Å². The average Bonchev–Trinajstić information content (AvgIpc) is 1.88. The molecule has 2 nitrogen and oxygen atoms in total. The van der Waals surface area contributed by atoms with Gasteiger partial charge in [0.05, 0.1) is 0 Å². The van der Waals surface area contributed by atoms with Crippen LogP contribution in [0.5, 0.6) is 0 Å². The van der Waals surface area contributed by atoms with E-state index in [1.54, 1.807) is 6.08 Å². The van der Waals surface area contributed by atoms with Gasteiger partial charge in [-0.05, 0) is 24.4 Å². The standard InChI is InChI=1S/C7H10O2S/c1-6-2-4-7(5-3-6)10(8)9/h2-4,7H,5H2,1H3,(H,8,9)/p-1/t7-/m0/s1. The molecule has 3 heteroatoms. The van der Waals surface area contributed by atoms with Crippen LogP contribution < -0.4 is 0 Å². The maximum absolute atomic E-state index is 10.4. The van der Waals surface area contributed by atoms with Gasteiger partial charge in [-0.25, -0.2) is 0 Å².